The molecule has 2 amide bonds. The maximum absolute atomic E-state index is 12.8. The molecule has 3 heterocycles. The molecule has 2 aliphatic heterocycles. The Labute approximate surface area is 142 Å². The number of fused-ring (bicyclic) bond motifs is 3. The molecule has 0 bridgehead atoms. The lowest BCUT2D eigenvalue weighted by Crippen LogP contribution is -2.41. The van der Waals surface area contributed by atoms with E-state index in [2.05, 4.69) is 9.97 Å². The van der Waals surface area contributed by atoms with Crippen LogP contribution >= 0.6 is 23.2 Å². The summed E-state index contributed by atoms with van der Waals surface area (Å²) in [6, 6.07) is 3.20. The Morgan fingerprint density at radius 3 is 3.00 bits per heavy atom. The predicted octanol–water partition coefficient (Wildman–Crippen LogP) is 3.23. The van der Waals surface area contributed by atoms with Gasteiger partial charge in [-0.05, 0) is 19.1 Å². The zero-order chi connectivity index (χ0) is 16.1. The molecule has 1 aromatic carbocycles. The van der Waals surface area contributed by atoms with E-state index in [9.17, 15) is 4.79 Å². The number of nitrogens with one attached hydrogen (secondary N) is 1. The molecule has 6 nitrogen and oxygen atoms in total. The van der Waals surface area contributed by atoms with Gasteiger partial charge in [-0.2, -0.15) is 0 Å². The average molecular weight is 353 g/mol. The third-order valence-electron chi connectivity index (χ3n) is 4.22. The van der Waals surface area contributed by atoms with E-state index >= 15 is 0 Å². The van der Waals surface area contributed by atoms with Gasteiger partial charge in [0.05, 0.1) is 35.3 Å². The SMILES string of the molecule is Cc1[nH]cnc1CN1CC2COc3c(Cl)cc(Cl)cc3N2C1=O. The number of rotatable bonds is 2. The number of imidazole rings is 1. The number of aryl methyl sites for hydroxylation is 1. The molecular formula is C15H14Cl2N4O2. The first-order valence-electron chi connectivity index (χ1n) is 7.23. The van der Waals surface area contributed by atoms with Gasteiger partial charge in [-0.3, -0.25) is 4.90 Å². The second-order valence-corrected chi connectivity index (χ2v) is 6.55. The number of urea groups is 1. The van der Waals surface area contributed by atoms with Crippen LogP contribution in [0.25, 0.3) is 0 Å². The van der Waals surface area contributed by atoms with Crippen molar-refractivity contribution in [2.24, 2.45) is 0 Å². The van der Waals surface area contributed by atoms with Crippen molar-refractivity contribution in [1.82, 2.24) is 14.9 Å². The van der Waals surface area contributed by atoms with Gasteiger partial charge in [0, 0.05) is 17.3 Å². The van der Waals surface area contributed by atoms with Gasteiger partial charge in [-0.15, -0.1) is 0 Å². The molecule has 0 saturated carbocycles. The maximum Gasteiger partial charge on any atom is 0.325 e. The van der Waals surface area contributed by atoms with Crippen LogP contribution in [0, 0.1) is 6.92 Å². The summed E-state index contributed by atoms with van der Waals surface area (Å²) in [6.45, 7) is 3.39. The van der Waals surface area contributed by atoms with E-state index in [1.807, 2.05) is 6.92 Å². The van der Waals surface area contributed by atoms with Gasteiger partial charge >= 0.3 is 6.03 Å². The standard InChI is InChI=1S/C15H14Cl2N4O2/c1-8-12(19-7-18-8)5-20-4-10-6-23-14-11(17)2-9(16)3-13(14)21(10)15(20)22/h2-3,7,10H,4-6H2,1H3,(H,18,19). The number of hydrogen-bond acceptors (Lipinski definition) is 3. The van der Waals surface area contributed by atoms with E-state index in [-0.39, 0.29) is 12.1 Å². The minimum atomic E-state index is -0.0831. The molecule has 0 spiro atoms. The maximum atomic E-state index is 12.8. The minimum Gasteiger partial charge on any atom is -0.488 e. The fourth-order valence-corrected chi connectivity index (χ4v) is 3.59. The van der Waals surface area contributed by atoms with Gasteiger partial charge in [0.15, 0.2) is 5.75 Å². The quantitative estimate of drug-likeness (QED) is 0.902. The summed E-state index contributed by atoms with van der Waals surface area (Å²) in [6.07, 6.45) is 1.64. The Morgan fingerprint density at radius 1 is 1.43 bits per heavy atom. The lowest BCUT2D eigenvalue weighted by Gasteiger charge is -2.31. The topological polar surface area (TPSA) is 61.5 Å². The summed E-state index contributed by atoms with van der Waals surface area (Å²) in [5.41, 5.74) is 2.46. The third kappa shape index (κ3) is 2.33. The highest BCUT2D eigenvalue weighted by molar-refractivity contribution is 6.36. The Kier molecular flexibility index (Phi) is 3.39. The predicted molar refractivity (Wildman–Crippen MR) is 87.4 cm³/mol. The van der Waals surface area contributed by atoms with Gasteiger partial charge in [-0.25, -0.2) is 9.78 Å². The van der Waals surface area contributed by atoms with Crippen LogP contribution in [-0.4, -0.2) is 40.1 Å². The van der Waals surface area contributed by atoms with E-state index in [1.165, 1.54) is 0 Å². The normalized spacial score (nSPS) is 19.6. The average Bonchev–Trinajstić information content (AvgIpc) is 3.04. The van der Waals surface area contributed by atoms with Crippen molar-refractivity contribution in [3.05, 3.63) is 39.9 Å². The van der Waals surface area contributed by atoms with Crippen molar-refractivity contribution in [3.63, 3.8) is 0 Å². The molecule has 8 heteroatoms. The molecule has 2 aliphatic rings. The molecule has 1 aromatic heterocycles. The van der Waals surface area contributed by atoms with Crippen LogP contribution in [-0.2, 0) is 6.54 Å². The summed E-state index contributed by atoms with van der Waals surface area (Å²) in [7, 11) is 0. The van der Waals surface area contributed by atoms with Crippen LogP contribution in [0.4, 0.5) is 10.5 Å². The monoisotopic (exact) mass is 352 g/mol. The number of nitrogens with zero attached hydrogens (tertiary/aromatic N) is 3. The molecule has 4 rings (SSSR count). The number of aromatic nitrogens is 2. The zero-order valence-corrected chi connectivity index (χ0v) is 13.9. The molecule has 1 unspecified atom stereocenters. The number of benzene rings is 1. The number of H-pyrrole nitrogens is 1. The number of anilines is 1. The first-order chi connectivity index (χ1) is 11.0. The van der Waals surface area contributed by atoms with Gasteiger partial charge in [0.2, 0.25) is 0 Å². The van der Waals surface area contributed by atoms with Gasteiger partial charge < -0.3 is 14.6 Å². The van der Waals surface area contributed by atoms with Gasteiger partial charge in [-0.1, -0.05) is 23.2 Å². The minimum absolute atomic E-state index is 0.0521. The second-order valence-electron chi connectivity index (χ2n) is 5.71. The summed E-state index contributed by atoms with van der Waals surface area (Å²) in [4.78, 5) is 23.6. The first kappa shape index (κ1) is 14.7. The van der Waals surface area contributed by atoms with Crippen LogP contribution in [0.1, 0.15) is 11.4 Å². The number of amides is 2. The molecule has 0 radical (unpaired) electrons. The van der Waals surface area contributed by atoms with Crippen LogP contribution in [0.3, 0.4) is 0 Å². The van der Waals surface area contributed by atoms with Crippen molar-refractivity contribution in [2.75, 3.05) is 18.1 Å². The van der Waals surface area contributed by atoms with Crippen LogP contribution in [0.5, 0.6) is 5.75 Å². The molecule has 120 valence electrons. The number of hydrogen-bond donors (Lipinski definition) is 1. The summed E-state index contributed by atoms with van der Waals surface area (Å²) < 4.78 is 5.75. The van der Waals surface area contributed by atoms with Crippen molar-refractivity contribution < 1.29 is 9.53 Å². The highest BCUT2D eigenvalue weighted by atomic mass is 35.5. The smallest absolute Gasteiger partial charge is 0.325 e. The molecule has 2 aromatic rings. The fourth-order valence-electron chi connectivity index (χ4n) is 3.06. The first-order valence-corrected chi connectivity index (χ1v) is 7.99. The van der Waals surface area contributed by atoms with Crippen LogP contribution in [0.2, 0.25) is 10.0 Å². The molecule has 0 aliphatic carbocycles. The number of carbonyl (C=O) groups excluding carboxylic acids is 1. The van der Waals surface area contributed by atoms with Crippen molar-refractivity contribution >= 4 is 34.9 Å². The van der Waals surface area contributed by atoms with Gasteiger partial charge in [0.1, 0.15) is 6.61 Å². The number of halogens is 2. The highest BCUT2D eigenvalue weighted by Crippen LogP contribution is 2.44. The fraction of sp³-hybridized carbons (Fsp3) is 0.333. The van der Waals surface area contributed by atoms with E-state index in [1.54, 1.807) is 28.3 Å². The number of ether oxygens (including phenoxy) is 1. The van der Waals surface area contributed by atoms with E-state index in [0.29, 0.717) is 41.2 Å². The van der Waals surface area contributed by atoms with Crippen LogP contribution in [0.15, 0.2) is 18.5 Å². The lowest BCUT2D eigenvalue weighted by atomic mass is 10.2. The second kappa shape index (κ2) is 5.32. The molecule has 1 N–H and O–H groups in total. The van der Waals surface area contributed by atoms with Crippen molar-refractivity contribution in [2.45, 2.75) is 19.5 Å². The zero-order valence-electron chi connectivity index (χ0n) is 12.3. The molecule has 1 saturated heterocycles. The third-order valence-corrected chi connectivity index (χ3v) is 4.72. The molecular weight excluding hydrogens is 339 g/mol. The van der Waals surface area contributed by atoms with Gasteiger partial charge in [0.25, 0.3) is 0 Å². The van der Waals surface area contributed by atoms with Crippen LogP contribution < -0.4 is 9.64 Å². The summed E-state index contributed by atoms with van der Waals surface area (Å²) >= 11 is 12.3. The molecule has 1 fully saturated rings. The Bertz CT molecular complexity index is 792. The molecule has 23 heavy (non-hydrogen) atoms. The van der Waals surface area contributed by atoms with E-state index < -0.39 is 0 Å². The Morgan fingerprint density at radius 2 is 2.26 bits per heavy atom. The Balaban J connectivity index is 1.67. The molecule has 1 atom stereocenters. The summed E-state index contributed by atoms with van der Waals surface area (Å²) in [5.74, 6) is 0.512. The van der Waals surface area contributed by atoms with Crippen molar-refractivity contribution in [3.8, 4) is 5.75 Å². The van der Waals surface area contributed by atoms with E-state index in [0.717, 1.165) is 11.4 Å². The van der Waals surface area contributed by atoms with E-state index in [4.69, 9.17) is 27.9 Å². The number of carbonyl (C=O) groups is 1. The van der Waals surface area contributed by atoms with Crippen molar-refractivity contribution in [1.29, 1.82) is 0 Å². The summed E-state index contributed by atoms with van der Waals surface area (Å²) in [5, 5.41) is 0.896. The number of aromatic amines is 1. The largest absolute Gasteiger partial charge is 0.488 e. The highest BCUT2D eigenvalue weighted by Gasteiger charge is 2.43. The lowest BCUT2D eigenvalue weighted by molar-refractivity contribution is 0.218. The Hall–Kier alpha value is -1.92.